The Morgan fingerprint density at radius 1 is 1.17 bits per heavy atom. The standard InChI is InChI=1S/C15H15F3N2O2S/c16-15(17,18)11-4-1-10(2-5-11)3-8-14-19-12(9-23-14)6-7-13(21)20-22/h1-2,4-5,9,22H,3,6-8H2,(H,20,21). The molecule has 1 heterocycles. The molecule has 0 aliphatic heterocycles. The van der Waals surface area contributed by atoms with Crippen LogP contribution in [0, 0.1) is 0 Å². The van der Waals surface area contributed by atoms with E-state index in [1.165, 1.54) is 23.5 Å². The third kappa shape index (κ3) is 5.33. The monoisotopic (exact) mass is 344 g/mol. The molecule has 0 aliphatic carbocycles. The van der Waals surface area contributed by atoms with E-state index in [0.29, 0.717) is 19.3 Å². The third-order valence-corrected chi connectivity index (χ3v) is 4.20. The van der Waals surface area contributed by atoms with Gasteiger partial charge >= 0.3 is 6.18 Å². The van der Waals surface area contributed by atoms with E-state index < -0.39 is 17.6 Å². The van der Waals surface area contributed by atoms with Crippen LogP contribution in [0.25, 0.3) is 0 Å². The third-order valence-electron chi connectivity index (χ3n) is 3.24. The molecule has 0 spiro atoms. The fourth-order valence-electron chi connectivity index (χ4n) is 1.99. The van der Waals surface area contributed by atoms with Crippen molar-refractivity contribution >= 4 is 17.2 Å². The highest BCUT2D eigenvalue weighted by molar-refractivity contribution is 7.09. The number of hydroxylamine groups is 1. The second-order valence-electron chi connectivity index (χ2n) is 4.96. The van der Waals surface area contributed by atoms with Crippen molar-refractivity contribution < 1.29 is 23.2 Å². The van der Waals surface area contributed by atoms with Crippen molar-refractivity contribution in [1.82, 2.24) is 10.5 Å². The van der Waals surface area contributed by atoms with E-state index in [-0.39, 0.29) is 6.42 Å². The maximum atomic E-state index is 12.5. The van der Waals surface area contributed by atoms with Gasteiger partial charge in [0.2, 0.25) is 5.91 Å². The van der Waals surface area contributed by atoms with Crippen LogP contribution >= 0.6 is 11.3 Å². The fraction of sp³-hybridized carbons (Fsp3) is 0.333. The van der Waals surface area contributed by atoms with Crippen molar-refractivity contribution in [3.05, 3.63) is 51.5 Å². The summed E-state index contributed by atoms with van der Waals surface area (Å²) in [6.45, 7) is 0. The number of halogens is 3. The largest absolute Gasteiger partial charge is 0.416 e. The maximum absolute atomic E-state index is 12.5. The molecule has 0 fully saturated rings. The number of hydrogen-bond donors (Lipinski definition) is 2. The lowest BCUT2D eigenvalue weighted by atomic mass is 10.1. The van der Waals surface area contributed by atoms with Gasteiger partial charge in [0.15, 0.2) is 0 Å². The van der Waals surface area contributed by atoms with Crippen molar-refractivity contribution in [2.24, 2.45) is 0 Å². The summed E-state index contributed by atoms with van der Waals surface area (Å²) in [5, 5.41) is 11.1. The molecule has 23 heavy (non-hydrogen) atoms. The number of benzene rings is 1. The highest BCUT2D eigenvalue weighted by Gasteiger charge is 2.29. The molecular weight excluding hydrogens is 329 g/mol. The predicted octanol–water partition coefficient (Wildman–Crippen LogP) is 3.39. The summed E-state index contributed by atoms with van der Waals surface area (Å²) >= 11 is 1.45. The lowest BCUT2D eigenvalue weighted by molar-refractivity contribution is -0.137. The van der Waals surface area contributed by atoms with Gasteiger partial charge < -0.3 is 0 Å². The van der Waals surface area contributed by atoms with Crippen LogP contribution < -0.4 is 5.48 Å². The van der Waals surface area contributed by atoms with E-state index in [1.807, 2.05) is 5.38 Å². The zero-order valence-corrected chi connectivity index (χ0v) is 12.9. The quantitative estimate of drug-likeness (QED) is 0.624. The minimum atomic E-state index is -4.32. The molecule has 2 rings (SSSR count). The Labute approximate surface area is 134 Å². The molecule has 0 unspecified atom stereocenters. The van der Waals surface area contributed by atoms with Crippen LogP contribution in [0.2, 0.25) is 0 Å². The number of hydrogen-bond acceptors (Lipinski definition) is 4. The van der Waals surface area contributed by atoms with Crippen molar-refractivity contribution in [2.75, 3.05) is 0 Å². The Kier molecular flexibility index (Phi) is 5.73. The van der Waals surface area contributed by atoms with Crippen LogP contribution in [0.3, 0.4) is 0 Å². The first-order valence-electron chi connectivity index (χ1n) is 6.91. The highest BCUT2D eigenvalue weighted by atomic mass is 32.1. The topological polar surface area (TPSA) is 62.2 Å². The Balaban J connectivity index is 1.86. The fourth-order valence-corrected chi connectivity index (χ4v) is 2.82. The van der Waals surface area contributed by atoms with Crippen LogP contribution in [0.15, 0.2) is 29.6 Å². The van der Waals surface area contributed by atoms with Crippen molar-refractivity contribution in [3.63, 3.8) is 0 Å². The normalized spacial score (nSPS) is 11.5. The molecule has 0 radical (unpaired) electrons. The lowest BCUT2D eigenvalue weighted by Gasteiger charge is -2.07. The summed E-state index contributed by atoms with van der Waals surface area (Å²) in [5.74, 6) is -0.468. The average Bonchev–Trinajstić information content (AvgIpc) is 2.98. The summed E-state index contributed by atoms with van der Waals surface area (Å²) in [4.78, 5) is 15.3. The minimum absolute atomic E-state index is 0.151. The van der Waals surface area contributed by atoms with E-state index in [2.05, 4.69) is 4.98 Å². The van der Waals surface area contributed by atoms with Gasteiger partial charge in [-0.1, -0.05) is 12.1 Å². The highest BCUT2D eigenvalue weighted by Crippen LogP contribution is 2.29. The summed E-state index contributed by atoms with van der Waals surface area (Å²) in [7, 11) is 0. The summed E-state index contributed by atoms with van der Waals surface area (Å²) in [6, 6.07) is 5.11. The molecule has 4 nitrogen and oxygen atoms in total. The number of nitrogens with zero attached hydrogens (tertiary/aromatic N) is 1. The van der Waals surface area contributed by atoms with Gasteiger partial charge in [-0.05, 0) is 30.5 Å². The number of carbonyl (C=O) groups excluding carboxylic acids is 1. The number of carbonyl (C=O) groups is 1. The number of aryl methyl sites for hydroxylation is 3. The van der Waals surface area contributed by atoms with E-state index in [0.717, 1.165) is 28.4 Å². The predicted molar refractivity (Wildman–Crippen MR) is 79.2 cm³/mol. The molecule has 0 bridgehead atoms. The number of rotatable bonds is 6. The van der Waals surface area contributed by atoms with Gasteiger partial charge in [0.1, 0.15) is 0 Å². The first-order valence-corrected chi connectivity index (χ1v) is 7.79. The average molecular weight is 344 g/mol. The van der Waals surface area contributed by atoms with E-state index in [4.69, 9.17) is 5.21 Å². The van der Waals surface area contributed by atoms with Crippen molar-refractivity contribution in [1.29, 1.82) is 0 Å². The van der Waals surface area contributed by atoms with Gasteiger partial charge in [-0.3, -0.25) is 10.0 Å². The summed E-state index contributed by atoms with van der Waals surface area (Å²) in [6.07, 6.45) is -2.50. The van der Waals surface area contributed by atoms with E-state index >= 15 is 0 Å². The zero-order chi connectivity index (χ0) is 16.9. The number of aromatic nitrogens is 1. The smallest absolute Gasteiger partial charge is 0.289 e. The molecule has 0 saturated carbocycles. The van der Waals surface area contributed by atoms with Crippen LogP contribution in [-0.2, 0) is 30.2 Å². The molecule has 124 valence electrons. The van der Waals surface area contributed by atoms with Crippen molar-refractivity contribution in [3.8, 4) is 0 Å². The molecule has 2 aromatic rings. The zero-order valence-electron chi connectivity index (χ0n) is 12.1. The van der Waals surface area contributed by atoms with Gasteiger partial charge in [0, 0.05) is 18.2 Å². The lowest BCUT2D eigenvalue weighted by Crippen LogP contribution is -2.18. The Hall–Kier alpha value is -1.93. The van der Waals surface area contributed by atoms with E-state index in [1.54, 1.807) is 5.48 Å². The second-order valence-corrected chi connectivity index (χ2v) is 5.90. The van der Waals surface area contributed by atoms with Gasteiger partial charge in [0.25, 0.3) is 0 Å². The number of nitrogens with one attached hydrogen (secondary N) is 1. The summed E-state index contributed by atoms with van der Waals surface area (Å²) in [5.41, 5.74) is 2.49. The van der Waals surface area contributed by atoms with Crippen LogP contribution in [0.5, 0.6) is 0 Å². The first kappa shape index (κ1) is 17.4. The first-order chi connectivity index (χ1) is 10.9. The minimum Gasteiger partial charge on any atom is -0.289 e. The Morgan fingerprint density at radius 3 is 2.48 bits per heavy atom. The molecule has 1 aromatic heterocycles. The van der Waals surface area contributed by atoms with Crippen LogP contribution in [0.1, 0.15) is 28.2 Å². The van der Waals surface area contributed by atoms with Crippen LogP contribution in [0.4, 0.5) is 13.2 Å². The van der Waals surface area contributed by atoms with Crippen LogP contribution in [-0.4, -0.2) is 16.1 Å². The molecule has 8 heteroatoms. The number of thiazole rings is 1. The molecule has 0 atom stereocenters. The summed E-state index contributed by atoms with van der Waals surface area (Å²) < 4.78 is 37.4. The van der Waals surface area contributed by atoms with Gasteiger partial charge in [-0.25, -0.2) is 10.5 Å². The maximum Gasteiger partial charge on any atom is 0.416 e. The molecule has 1 amide bonds. The molecule has 0 aliphatic rings. The van der Waals surface area contributed by atoms with Gasteiger partial charge in [-0.2, -0.15) is 13.2 Å². The number of amides is 1. The van der Waals surface area contributed by atoms with E-state index in [9.17, 15) is 18.0 Å². The SMILES string of the molecule is O=C(CCc1csc(CCc2ccc(C(F)(F)F)cc2)n1)NO. The van der Waals surface area contributed by atoms with Gasteiger partial charge in [-0.15, -0.1) is 11.3 Å². The molecule has 2 N–H and O–H groups in total. The molecule has 1 aromatic carbocycles. The molecule has 0 saturated heterocycles. The number of alkyl halides is 3. The second kappa shape index (κ2) is 7.56. The Morgan fingerprint density at radius 2 is 1.87 bits per heavy atom. The Bertz CT molecular complexity index is 653. The van der Waals surface area contributed by atoms with Gasteiger partial charge in [0.05, 0.1) is 16.3 Å². The van der Waals surface area contributed by atoms with Crippen molar-refractivity contribution in [2.45, 2.75) is 31.9 Å². The molecular formula is C15H15F3N2O2S.